The second-order valence-electron chi connectivity index (χ2n) is 6.55. The zero-order valence-electron chi connectivity index (χ0n) is 16.0. The number of methoxy groups -OCH3 is 1. The topological polar surface area (TPSA) is 92.9 Å². The number of hydrogen-bond donors (Lipinski definition) is 2. The van der Waals surface area contributed by atoms with Crippen molar-refractivity contribution in [3.8, 4) is 16.9 Å². The lowest BCUT2D eigenvalue weighted by Crippen LogP contribution is -2.29. The van der Waals surface area contributed by atoms with Gasteiger partial charge in [-0.1, -0.05) is 36.4 Å². The van der Waals surface area contributed by atoms with Crippen LogP contribution in [0.4, 0.5) is 0 Å². The van der Waals surface area contributed by atoms with E-state index in [4.69, 9.17) is 10.5 Å². The maximum absolute atomic E-state index is 12.6. The summed E-state index contributed by atoms with van der Waals surface area (Å²) >= 11 is 0. The Morgan fingerprint density at radius 1 is 0.931 bits per heavy atom. The highest BCUT2D eigenvalue weighted by molar-refractivity contribution is 5.95. The summed E-state index contributed by atoms with van der Waals surface area (Å²) in [7, 11) is 1.59. The molecule has 2 amide bonds. The van der Waals surface area contributed by atoms with E-state index in [1.165, 1.54) is 0 Å². The number of benzene rings is 3. The first kappa shape index (κ1) is 20.1. The molecule has 0 unspecified atom stereocenters. The molecule has 0 fully saturated rings. The molecule has 6 nitrogen and oxygen atoms in total. The Labute approximate surface area is 169 Å². The average molecular weight is 390 g/mol. The van der Waals surface area contributed by atoms with E-state index in [1.807, 2.05) is 30.3 Å². The van der Waals surface area contributed by atoms with Gasteiger partial charge in [-0.15, -0.1) is 0 Å². The largest absolute Gasteiger partial charge is 0.497 e. The van der Waals surface area contributed by atoms with Gasteiger partial charge in [-0.05, 0) is 59.5 Å². The van der Waals surface area contributed by atoms with Gasteiger partial charge in [0.25, 0.3) is 5.91 Å². The van der Waals surface area contributed by atoms with E-state index in [1.54, 1.807) is 49.6 Å². The van der Waals surface area contributed by atoms with Gasteiger partial charge >= 0.3 is 0 Å². The molecular formula is C23H22N2O4. The summed E-state index contributed by atoms with van der Waals surface area (Å²) in [6.45, 7) is 0.156. The highest BCUT2D eigenvalue weighted by Gasteiger charge is 2.14. The molecule has 3 aromatic carbocycles. The molecule has 0 aromatic heterocycles. The summed E-state index contributed by atoms with van der Waals surface area (Å²) in [6.07, 6.45) is 0.494. The number of amides is 2. The van der Waals surface area contributed by atoms with Gasteiger partial charge in [0.15, 0.2) is 0 Å². The van der Waals surface area contributed by atoms with Crippen LogP contribution in [-0.4, -0.2) is 35.7 Å². The first-order valence-corrected chi connectivity index (χ1v) is 9.12. The van der Waals surface area contributed by atoms with Crippen molar-refractivity contribution >= 4 is 11.8 Å². The van der Waals surface area contributed by atoms with Crippen molar-refractivity contribution in [3.63, 3.8) is 0 Å². The number of primary amides is 1. The van der Waals surface area contributed by atoms with Crippen molar-refractivity contribution in [1.82, 2.24) is 5.06 Å². The standard InChI is InChI=1S/C23H22N2O4/c1-29-21-7-2-4-16(14-21)12-13-25(28)23(27)20-6-3-5-19(15-20)17-8-10-18(11-9-17)22(24)26/h2-11,14-15,28H,12-13H2,1H3,(H2,24,26). The lowest BCUT2D eigenvalue weighted by atomic mass is 10.0. The molecule has 0 heterocycles. The molecular weight excluding hydrogens is 368 g/mol. The molecule has 0 atom stereocenters. The van der Waals surface area contributed by atoms with Gasteiger partial charge in [-0.25, -0.2) is 5.06 Å². The van der Waals surface area contributed by atoms with Crippen molar-refractivity contribution in [2.24, 2.45) is 5.73 Å². The van der Waals surface area contributed by atoms with E-state index in [2.05, 4.69) is 0 Å². The molecule has 3 N–H and O–H groups in total. The minimum atomic E-state index is -0.493. The molecule has 0 bridgehead atoms. The Hall–Kier alpha value is -3.64. The van der Waals surface area contributed by atoms with Crippen molar-refractivity contribution in [3.05, 3.63) is 89.5 Å². The minimum absolute atomic E-state index is 0.156. The first-order valence-electron chi connectivity index (χ1n) is 9.12. The number of hydroxylamine groups is 2. The monoisotopic (exact) mass is 390 g/mol. The van der Waals surface area contributed by atoms with Gasteiger partial charge in [0.1, 0.15) is 5.75 Å². The van der Waals surface area contributed by atoms with Gasteiger partial charge in [0, 0.05) is 11.1 Å². The molecule has 6 heteroatoms. The van der Waals surface area contributed by atoms with Crippen LogP contribution in [0.3, 0.4) is 0 Å². The van der Waals surface area contributed by atoms with E-state index >= 15 is 0 Å². The van der Waals surface area contributed by atoms with Crippen LogP contribution in [0.25, 0.3) is 11.1 Å². The van der Waals surface area contributed by atoms with Crippen LogP contribution in [0.5, 0.6) is 5.75 Å². The first-order chi connectivity index (χ1) is 14.0. The number of nitrogens with zero attached hydrogens (tertiary/aromatic N) is 1. The third kappa shape index (κ3) is 5.00. The summed E-state index contributed by atoms with van der Waals surface area (Å²) in [6, 6.07) is 21.3. The molecule has 0 saturated carbocycles. The number of carbonyl (C=O) groups excluding carboxylic acids is 2. The number of carbonyl (C=O) groups is 2. The van der Waals surface area contributed by atoms with Gasteiger partial charge < -0.3 is 10.5 Å². The van der Waals surface area contributed by atoms with Crippen molar-refractivity contribution in [2.75, 3.05) is 13.7 Å². The van der Waals surface area contributed by atoms with Gasteiger partial charge in [-0.3, -0.25) is 14.8 Å². The predicted molar refractivity (Wildman–Crippen MR) is 110 cm³/mol. The van der Waals surface area contributed by atoms with Crippen molar-refractivity contribution in [1.29, 1.82) is 0 Å². The van der Waals surface area contributed by atoms with E-state index in [0.717, 1.165) is 27.5 Å². The Kier molecular flexibility index (Phi) is 6.26. The summed E-state index contributed by atoms with van der Waals surface area (Å²) in [5.41, 5.74) is 8.64. The van der Waals surface area contributed by atoms with Gasteiger partial charge in [0.2, 0.25) is 5.91 Å². The molecule has 3 rings (SSSR count). The minimum Gasteiger partial charge on any atom is -0.497 e. The smallest absolute Gasteiger partial charge is 0.277 e. The zero-order chi connectivity index (χ0) is 20.8. The third-order valence-corrected chi connectivity index (χ3v) is 4.59. The zero-order valence-corrected chi connectivity index (χ0v) is 16.0. The molecule has 0 saturated heterocycles. The maximum atomic E-state index is 12.6. The van der Waals surface area contributed by atoms with Gasteiger partial charge in [-0.2, -0.15) is 0 Å². The van der Waals surface area contributed by atoms with Crippen LogP contribution in [0.1, 0.15) is 26.3 Å². The number of nitrogens with two attached hydrogens (primary N) is 1. The quantitative estimate of drug-likeness (QED) is 0.477. The fourth-order valence-corrected chi connectivity index (χ4v) is 2.97. The highest BCUT2D eigenvalue weighted by Crippen LogP contribution is 2.22. The highest BCUT2D eigenvalue weighted by atomic mass is 16.5. The van der Waals surface area contributed by atoms with Crippen LogP contribution in [-0.2, 0) is 6.42 Å². The van der Waals surface area contributed by atoms with E-state index in [9.17, 15) is 14.8 Å². The maximum Gasteiger partial charge on any atom is 0.277 e. The van der Waals surface area contributed by atoms with Crippen LogP contribution in [0.2, 0.25) is 0 Å². The molecule has 0 spiro atoms. The Bertz CT molecular complexity index is 1020. The fourth-order valence-electron chi connectivity index (χ4n) is 2.97. The number of ether oxygens (including phenoxy) is 1. The fraction of sp³-hybridized carbons (Fsp3) is 0.130. The molecule has 29 heavy (non-hydrogen) atoms. The van der Waals surface area contributed by atoms with Crippen LogP contribution < -0.4 is 10.5 Å². The summed E-state index contributed by atoms with van der Waals surface area (Å²) in [4.78, 5) is 23.8. The number of rotatable bonds is 7. The van der Waals surface area contributed by atoms with Crippen LogP contribution in [0, 0.1) is 0 Å². The second-order valence-corrected chi connectivity index (χ2v) is 6.55. The van der Waals surface area contributed by atoms with Crippen molar-refractivity contribution < 1.29 is 19.5 Å². The van der Waals surface area contributed by atoms with Gasteiger partial charge in [0.05, 0.1) is 13.7 Å². The average Bonchev–Trinajstić information content (AvgIpc) is 2.77. The third-order valence-electron chi connectivity index (χ3n) is 4.59. The Morgan fingerprint density at radius 2 is 1.66 bits per heavy atom. The summed E-state index contributed by atoms with van der Waals surface area (Å²) < 4.78 is 5.19. The lowest BCUT2D eigenvalue weighted by Gasteiger charge is -2.16. The second kappa shape index (κ2) is 9.03. The summed E-state index contributed by atoms with van der Waals surface area (Å²) in [5.74, 6) is -0.246. The summed E-state index contributed by atoms with van der Waals surface area (Å²) in [5, 5.41) is 10.9. The Balaban J connectivity index is 1.70. The molecule has 0 radical (unpaired) electrons. The van der Waals surface area contributed by atoms with E-state index < -0.39 is 11.8 Å². The number of hydrogen-bond acceptors (Lipinski definition) is 4. The normalized spacial score (nSPS) is 10.4. The van der Waals surface area contributed by atoms with Crippen LogP contribution >= 0.6 is 0 Å². The molecule has 0 aliphatic carbocycles. The van der Waals surface area contributed by atoms with Crippen LogP contribution in [0.15, 0.2) is 72.8 Å². The predicted octanol–water partition coefficient (Wildman–Crippen LogP) is 3.54. The molecule has 148 valence electrons. The van der Waals surface area contributed by atoms with E-state index in [0.29, 0.717) is 17.5 Å². The molecule has 0 aliphatic heterocycles. The SMILES string of the molecule is COc1cccc(CCN(O)C(=O)c2cccc(-c3ccc(C(N)=O)cc3)c2)c1. The van der Waals surface area contributed by atoms with Crippen molar-refractivity contribution in [2.45, 2.75) is 6.42 Å². The Morgan fingerprint density at radius 3 is 2.34 bits per heavy atom. The molecule has 0 aliphatic rings. The molecule has 3 aromatic rings. The lowest BCUT2D eigenvalue weighted by molar-refractivity contribution is -0.0571. The van der Waals surface area contributed by atoms with E-state index in [-0.39, 0.29) is 6.54 Å².